The van der Waals surface area contributed by atoms with E-state index in [1.807, 2.05) is 43.3 Å². The molecule has 1 fully saturated rings. The number of aryl methyl sites for hydroxylation is 1. The quantitative estimate of drug-likeness (QED) is 0.580. The van der Waals surface area contributed by atoms with Crippen molar-refractivity contribution < 1.29 is 14.3 Å². The van der Waals surface area contributed by atoms with Gasteiger partial charge in [-0.3, -0.25) is 20.0 Å². The minimum Gasteiger partial charge on any atom is -0.495 e. The summed E-state index contributed by atoms with van der Waals surface area (Å²) in [6, 6.07) is 15.0. The third-order valence-electron chi connectivity index (χ3n) is 4.70. The van der Waals surface area contributed by atoms with Gasteiger partial charge in [0.2, 0.25) is 5.96 Å². The van der Waals surface area contributed by atoms with Crippen molar-refractivity contribution in [1.29, 1.82) is 0 Å². The molecule has 0 bridgehead atoms. The summed E-state index contributed by atoms with van der Waals surface area (Å²) in [6.45, 7) is 6.66. The molecule has 154 valence electrons. The van der Waals surface area contributed by atoms with E-state index >= 15 is 0 Å². The van der Waals surface area contributed by atoms with E-state index < -0.39 is 0 Å². The van der Waals surface area contributed by atoms with Crippen molar-refractivity contribution in [2.75, 3.05) is 51.8 Å². The van der Waals surface area contributed by atoms with Crippen LogP contribution < -0.4 is 15.4 Å². The van der Waals surface area contributed by atoms with Gasteiger partial charge in [0.15, 0.2) is 0 Å². The zero-order valence-corrected chi connectivity index (χ0v) is 17.0. The molecular weight excluding hydrogens is 368 g/mol. The summed E-state index contributed by atoms with van der Waals surface area (Å²) in [5.41, 5.74) is 2.43. The highest BCUT2D eigenvalue weighted by atomic mass is 16.5. The molecule has 0 atom stereocenters. The molecule has 1 heterocycles. The van der Waals surface area contributed by atoms with Gasteiger partial charge in [0.05, 0.1) is 32.6 Å². The molecule has 1 aliphatic heterocycles. The molecule has 0 unspecified atom stereocenters. The normalized spacial score (nSPS) is 15.0. The number of methoxy groups -OCH3 is 1. The van der Waals surface area contributed by atoms with Gasteiger partial charge >= 0.3 is 0 Å². The van der Waals surface area contributed by atoms with Crippen LogP contribution in [0.2, 0.25) is 0 Å². The Morgan fingerprint density at radius 3 is 2.59 bits per heavy atom. The maximum atomic E-state index is 12.7. The molecule has 29 heavy (non-hydrogen) atoms. The van der Waals surface area contributed by atoms with Crippen LogP contribution in [0.25, 0.3) is 0 Å². The van der Waals surface area contributed by atoms with Crippen molar-refractivity contribution in [1.82, 2.24) is 10.2 Å². The summed E-state index contributed by atoms with van der Waals surface area (Å²) < 4.78 is 10.8. The van der Waals surface area contributed by atoms with E-state index in [-0.39, 0.29) is 5.91 Å². The van der Waals surface area contributed by atoms with Gasteiger partial charge in [0.25, 0.3) is 5.91 Å². The van der Waals surface area contributed by atoms with Crippen molar-refractivity contribution in [2.45, 2.75) is 6.92 Å². The first-order chi connectivity index (χ1) is 14.2. The molecule has 0 spiro atoms. The number of carbonyl (C=O) groups is 1. The van der Waals surface area contributed by atoms with Crippen LogP contribution in [0.15, 0.2) is 53.5 Å². The van der Waals surface area contributed by atoms with Crippen molar-refractivity contribution in [3.63, 3.8) is 0 Å². The number of nitrogens with zero attached hydrogens (tertiary/aromatic N) is 2. The van der Waals surface area contributed by atoms with Gasteiger partial charge in [-0.2, -0.15) is 0 Å². The minimum atomic E-state index is -0.211. The number of hydrogen-bond acceptors (Lipinski definition) is 5. The number of carbonyl (C=O) groups excluding carboxylic acids is 1. The van der Waals surface area contributed by atoms with Gasteiger partial charge in [-0.05, 0) is 31.2 Å². The maximum absolute atomic E-state index is 12.7. The average molecular weight is 396 g/mol. The van der Waals surface area contributed by atoms with Crippen LogP contribution >= 0.6 is 0 Å². The summed E-state index contributed by atoms with van der Waals surface area (Å²) in [5.74, 6) is 0.865. The largest absolute Gasteiger partial charge is 0.495 e. The number of benzene rings is 2. The Hall–Kier alpha value is -2.90. The molecular formula is C22H28N4O3. The monoisotopic (exact) mass is 396 g/mol. The van der Waals surface area contributed by atoms with Crippen molar-refractivity contribution in [2.24, 2.45) is 4.99 Å². The van der Waals surface area contributed by atoms with Gasteiger partial charge in [0.1, 0.15) is 5.75 Å². The summed E-state index contributed by atoms with van der Waals surface area (Å²) in [5, 5.41) is 6.09. The van der Waals surface area contributed by atoms with E-state index in [2.05, 4.69) is 20.5 Å². The van der Waals surface area contributed by atoms with Crippen LogP contribution in [-0.2, 0) is 4.74 Å². The summed E-state index contributed by atoms with van der Waals surface area (Å²) in [4.78, 5) is 19.6. The molecule has 7 nitrogen and oxygen atoms in total. The topological polar surface area (TPSA) is 75.2 Å². The molecule has 1 amide bonds. The highest BCUT2D eigenvalue weighted by molar-refractivity contribution is 6.10. The van der Waals surface area contributed by atoms with Gasteiger partial charge < -0.3 is 14.8 Å². The first kappa shape index (κ1) is 20.8. The fraction of sp³-hybridized carbons (Fsp3) is 0.364. The Balaban J connectivity index is 1.71. The van der Waals surface area contributed by atoms with Crippen LogP contribution in [-0.4, -0.2) is 63.3 Å². The molecule has 0 saturated carbocycles. The maximum Gasteiger partial charge on any atom is 0.257 e. The Labute approximate surface area is 171 Å². The second-order valence-corrected chi connectivity index (χ2v) is 6.83. The number of amides is 1. The summed E-state index contributed by atoms with van der Waals surface area (Å²) in [7, 11) is 1.61. The summed E-state index contributed by atoms with van der Waals surface area (Å²) >= 11 is 0. The smallest absolute Gasteiger partial charge is 0.257 e. The number of aliphatic imine (C=N–C) groups is 1. The third-order valence-corrected chi connectivity index (χ3v) is 4.70. The van der Waals surface area contributed by atoms with Crippen LogP contribution in [0.1, 0.15) is 15.9 Å². The van der Waals surface area contributed by atoms with Crippen LogP contribution in [0.4, 0.5) is 5.69 Å². The predicted molar refractivity (Wildman–Crippen MR) is 115 cm³/mol. The zero-order chi connectivity index (χ0) is 20.5. The van der Waals surface area contributed by atoms with E-state index in [9.17, 15) is 4.79 Å². The molecule has 1 saturated heterocycles. The SMILES string of the molecule is COc1ccccc1NC(=NCCN1CCOCC1)NC(=O)c1ccc(C)cc1. The number of nitrogens with one attached hydrogen (secondary N) is 2. The van der Waals surface area contributed by atoms with E-state index in [4.69, 9.17) is 9.47 Å². The van der Waals surface area contributed by atoms with E-state index in [1.54, 1.807) is 19.2 Å². The number of morpholine rings is 1. The second kappa shape index (κ2) is 10.6. The number of ether oxygens (including phenoxy) is 2. The molecule has 1 aliphatic rings. The van der Waals surface area contributed by atoms with Crippen molar-refractivity contribution in [3.8, 4) is 5.75 Å². The van der Waals surface area contributed by atoms with E-state index in [1.165, 1.54) is 0 Å². The lowest BCUT2D eigenvalue weighted by Crippen LogP contribution is -2.39. The molecule has 0 aliphatic carbocycles. The fourth-order valence-electron chi connectivity index (χ4n) is 3.00. The minimum absolute atomic E-state index is 0.211. The molecule has 2 aromatic rings. The lowest BCUT2D eigenvalue weighted by molar-refractivity contribution is 0.0394. The highest BCUT2D eigenvalue weighted by Gasteiger charge is 2.13. The Morgan fingerprint density at radius 1 is 1.14 bits per heavy atom. The number of anilines is 1. The van der Waals surface area contributed by atoms with Crippen molar-refractivity contribution in [3.05, 3.63) is 59.7 Å². The number of hydrogen-bond donors (Lipinski definition) is 2. The fourth-order valence-corrected chi connectivity index (χ4v) is 3.00. The average Bonchev–Trinajstić information content (AvgIpc) is 2.75. The number of guanidine groups is 1. The Kier molecular flexibility index (Phi) is 7.61. The molecule has 0 aromatic heterocycles. The second-order valence-electron chi connectivity index (χ2n) is 6.83. The Morgan fingerprint density at radius 2 is 1.86 bits per heavy atom. The van der Waals surface area contributed by atoms with Crippen LogP contribution in [0.3, 0.4) is 0 Å². The third kappa shape index (κ3) is 6.30. The first-order valence-electron chi connectivity index (χ1n) is 9.78. The lowest BCUT2D eigenvalue weighted by atomic mass is 10.1. The molecule has 0 radical (unpaired) electrons. The van der Waals surface area contributed by atoms with E-state index in [0.29, 0.717) is 23.8 Å². The standard InChI is InChI=1S/C22H28N4O3/c1-17-7-9-18(10-8-17)21(27)25-22(23-11-12-26-13-15-29-16-14-26)24-19-5-3-4-6-20(19)28-2/h3-10H,11-16H2,1-2H3,(H2,23,24,25,27). The molecule has 3 rings (SSSR count). The predicted octanol–water partition coefficient (Wildman–Crippen LogP) is 2.53. The van der Waals surface area contributed by atoms with Gasteiger partial charge in [-0.1, -0.05) is 29.8 Å². The molecule has 2 N–H and O–H groups in total. The zero-order valence-electron chi connectivity index (χ0n) is 17.0. The molecule has 7 heteroatoms. The number of rotatable bonds is 6. The van der Waals surface area contributed by atoms with Gasteiger partial charge in [-0.25, -0.2) is 0 Å². The van der Waals surface area contributed by atoms with Crippen LogP contribution in [0, 0.1) is 6.92 Å². The lowest BCUT2D eigenvalue weighted by Gasteiger charge is -2.25. The molecule has 2 aromatic carbocycles. The Bertz CT molecular complexity index is 830. The highest BCUT2D eigenvalue weighted by Crippen LogP contribution is 2.22. The summed E-state index contributed by atoms with van der Waals surface area (Å²) in [6.07, 6.45) is 0. The van der Waals surface area contributed by atoms with E-state index in [0.717, 1.165) is 44.1 Å². The van der Waals surface area contributed by atoms with Gasteiger partial charge in [-0.15, -0.1) is 0 Å². The van der Waals surface area contributed by atoms with Crippen molar-refractivity contribution >= 4 is 17.6 Å². The van der Waals surface area contributed by atoms with Crippen LogP contribution in [0.5, 0.6) is 5.75 Å². The number of para-hydroxylation sites is 2. The first-order valence-corrected chi connectivity index (χ1v) is 9.78. The van der Waals surface area contributed by atoms with Gasteiger partial charge in [0, 0.05) is 25.2 Å².